The molecule has 1 aromatic carbocycles. The summed E-state index contributed by atoms with van der Waals surface area (Å²) in [4.78, 5) is 4.83. The van der Waals surface area contributed by atoms with E-state index in [-0.39, 0.29) is 11.1 Å². The fourth-order valence-electron chi connectivity index (χ4n) is 2.61. The zero-order valence-electron chi connectivity index (χ0n) is 12.7. The van der Waals surface area contributed by atoms with Crippen molar-refractivity contribution in [2.45, 2.75) is 58.5 Å². The second-order valence-corrected chi connectivity index (χ2v) is 6.29. The van der Waals surface area contributed by atoms with Gasteiger partial charge in [0.05, 0.1) is 16.6 Å². The van der Waals surface area contributed by atoms with Crippen LogP contribution in [0.25, 0.3) is 11.0 Å². The van der Waals surface area contributed by atoms with E-state index in [9.17, 15) is 0 Å². The Bertz CT molecular complexity index is 571. The van der Waals surface area contributed by atoms with E-state index in [1.54, 1.807) is 0 Å². The maximum atomic E-state index is 6.60. The van der Waals surface area contributed by atoms with Crippen molar-refractivity contribution < 1.29 is 0 Å². The van der Waals surface area contributed by atoms with Gasteiger partial charge < -0.3 is 10.3 Å². The van der Waals surface area contributed by atoms with Crippen LogP contribution in [0.3, 0.4) is 0 Å². The lowest BCUT2D eigenvalue weighted by atomic mass is 9.92. The Kier molecular flexibility index (Phi) is 3.43. The lowest BCUT2D eigenvalue weighted by Gasteiger charge is -2.32. The number of hydrogen-bond donors (Lipinski definition) is 1. The third kappa shape index (κ3) is 2.27. The minimum atomic E-state index is -0.355. The average Bonchev–Trinajstić information content (AvgIpc) is 2.77. The maximum Gasteiger partial charge on any atom is 0.130 e. The van der Waals surface area contributed by atoms with Crippen LogP contribution < -0.4 is 5.73 Å². The van der Waals surface area contributed by atoms with Gasteiger partial charge in [-0.1, -0.05) is 26.0 Å². The monoisotopic (exact) mass is 259 g/mol. The summed E-state index contributed by atoms with van der Waals surface area (Å²) in [6.07, 6.45) is 1.78. The molecule has 0 bridgehead atoms. The van der Waals surface area contributed by atoms with Gasteiger partial charge in [0, 0.05) is 5.54 Å². The Balaban J connectivity index is 2.80. The van der Waals surface area contributed by atoms with E-state index >= 15 is 0 Å². The third-order valence-corrected chi connectivity index (χ3v) is 3.94. The topological polar surface area (TPSA) is 43.8 Å². The first-order chi connectivity index (χ1) is 8.83. The summed E-state index contributed by atoms with van der Waals surface area (Å²) in [7, 11) is 0. The second kappa shape index (κ2) is 4.64. The SMILES string of the molecule is CCC(N)(CC)c1nc2ccccc2n1C(C)(C)C. The van der Waals surface area contributed by atoms with Crippen LogP contribution >= 0.6 is 0 Å². The molecule has 2 aromatic rings. The summed E-state index contributed by atoms with van der Waals surface area (Å²) < 4.78 is 2.30. The quantitative estimate of drug-likeness (QED) is 0.912. The zero-order valence-corrected chi connectivity index (χ0v) is 12.7. The number of nitrogens with two attached hydrogens (primary N) is 1. The van der Waals surface area contributed by atoms with Crippen molar-refractivity contribution in [3.05, 3.63) is 30.1 Å². The molecule has 0 aliphatic carbocycles. The Morgan fingerprint density at radius 3 is 2.21 bits per heavy atom. The van der Waals surface area contributed by atoms with E-state index in [0.29, 0.717) is 0 Å². The van der Waals surface area contributed by atoms with Crippen molar-refractivity contribution in [2.24, 2.45) is 5.73 Å². The molecule has 3 nitrogen and oxygen atoms in total. The fraction of sp³-hybridized carbons (Fsp3) is 0.562. The molecule has 1 heterocycles. The highest BCUT2D eigenvalue weighted by molar-refractivity contribution is 5.76. The number of hydrogen-bond acceptors (Lipinski definition) is 2. The largest absolute Gasteiger partial charge is 0.321 e. The van der Waals surface area contributed by atoms with Crippen LogP contribution in [0, 0.1) is 0 Å². The molecular formula is C16H25N3. The van der Waals surface area contributed by atoms with Gasteiger partial charge in [-0.2, -0.15) is 0 Å². The predicted octanol–water partition coefficient (Wildman–Crippen LogP) is 3.77. The van der Waals surface area contributed by atoms with Crippen molar-refractivity contribution in [1.82, 2.24) is 9.55 Å². The van der Waals surface area contributed by atoms with Crippen molar-refractivity contribution >= 4 is 11.0 Å². The van der Waals surface area contributed by atoms with Gasteiger partial charge >= 0.3 is 0 Å². The first-order valence-electron chi connectivity index (χ1n) is 7.11. The van der Waals surface area contributed by atoms with Gasteiger partial charge in [0.25, 0.3) is 0 Å². The number of rotatable bonds is 3. The lowest BCUT2D eigenvalue weighted by molar-refractivity contribution is 0.317. The van der Waals surface area contributed by atoms with Crippen LogP contribution in [0.15, 0.2) is 24.3 Å². The van der Waals surface area contributed by atoms with Crippen LogP contribution in [-0.4, -0.2) is 9.55 Å². The van der Waals surface area contributed by atoms with Gasteiger partial charge in [-0.05, 0) is 45.7 Å². The highest BCUT2D eigenvalue weighted by Crippen LogP contribution is 2.33. The zero-order chi connectivity index (χ0) is 14.3. The predicted molar refractivity (Wildman–Crippen MR) is 81.2 cm³/mol. The third-order valence-electron chi connectivity index (χ3n) is 3.94. The van der Waals surface area contributed by atoms with E-state index < -0.39 is 0 Å². The fourth-order valence-corrected chi connectivity index (χ4v) is 2.61. The van der Waals surface area contributed by atoms with E-state index in [2.05, 4.69) is 57.4 Å². The molecule has 104 valence electrons. The minimum Gasteiger partial charge on any atom is -0.321 e. The molecule has 0 spiro atoms. The van der Waals surface area contributed by atoms with Crippen molar-refractivity contribution in [3.63, 3.8) is 0 Å². The molecule has 0 saturated carbocycles. The smallest absolute Gasteiger partial charge is 0.130 e. The first kappa shape index (κ1) is 14.1. The molecule has 0 aliphatic heterocycles. The molecule has 1 aromatic heterocycles. The standard InChI is InChI=1S/C16H25N3/c1-6-16(17,7-2)14-18-12-10-8-9-11-13(12)19(14)15(3,4)5/h8-11H,6-7,17H2,1-5H3. The Morgan fingerprint density at radius 1 is 1.11 bits per heavy atom. The number of benzene rings is 1. The van der Waals surface area contributed by atoms with Gasteiger partial charge in [0.1, 0.15) is 5.82 Å². The molecule has 19 heavy (non-hydrogen) atoms. The van der Waals surface area contributed by atoms with Crippen molar-refractivity contribution in [3.8, 4) is 0 Å². The van der Waals surface area contributed by atoms with E-state index in [0.717, 1.165) is 24.2 Å². The van der Waals surface area contributed by atoms with Gasteiger partial charge in [0.15, 0.2) is 0 Å². The first-order valence-corrected chi connectivity index (χ1v) is 7.11. The highest BCUT2D eigenvalue weighted by Gasteiger charge is 2.33. The molecule has 0 fully saturated rings. The maximum absolute atomic E-state index is 6.60. The van der Waals surface area contributed by atoms with E-state index in [1.165, 1.54) is 5.52 Å². The Morgan fingerprint density at radius 2 is 1.68 bits per heavy atom. The number of imidazole rings is 1. The van der Waals surface area contributed by atoms with Gasteiger partial charge in [0.2, 0.25) is 0 Å². The summed E-state index contributed by atoms with van der Waals surface area (Å²) >= 11 is 0. The molecular weight excluding hydrogens is 234 g/mol. The molecule has 2 N–H and O–H groups in total. The number of aromatic nitrogens is 2. The molecule has 2 rings (SSSR count). The summed E-state index contributed by atoms with van der Waals surface area (Å²) in [5.74, 6) is 1.01. The van der Waals surface area contributed by atoms with Gasteiger partial charge in [-0.15, -0.1) is 0 Å². The number of nitrogens with zero attached hydrogens (tertiary/aromatic N) is 2. The van der Waals surface area contributed by atoms with Crippen LogP contribution in [0.5, 0.6) is 0 Å². The minimum absolute atomic E-state index is 0.0274. The summed E-state index contributed by atoms with van der Waals surface area (Å²) in [6.45, 7) is 10.9. The number of fused-ring (bicyclic) bond motifs is 1. The summed E-state index contributed by atoms with van der Waals surface area (Å²) in [5, 5.41) is 0. The Hall–Kier alpha value is -1.35. The summed E-state index contributed by atoms with van der Waals surface area (Å²) in [6, 6.07) is 8.28. The molecule has 3 heteroatoms. The lowest BCUT2D eigenvalue weighted by Crippen LogP contribution is -2.41. The average molecular weight is 259 g/mol. The highest BCUT2D eigenvalue weighted by atomic mass is 15.2. The normalized spacial score (nSPS) is 13.2. The van der Waals surface area contributed by atoms with Gasteiger partial charge in [-0.3, -0.25) is 0 Å². The summed E-state index contributed by atoms with van der Waals surface area (Å²) in [5.41, 5.74) is 8.41. The Labute approximate surface area is 115 Å². The van der Waals surface area contributed by atoms with Crippen LogP contribution in [0.2, 0.25) is 0 Å². The van der Waals surface area contributed by atoms with E-state index in [1.807, 2.05) is 6.07 Å². The molecule has 0 unspecified atom stereocenters. The molecule has 0 aliphatic rings. The number of para-hydroxylation sites is 2. The van der Waals surface area contributed by atoms with Gasteiger partial charge in [-0.25, -0.2) is 4.98 Å². The van der Waals surface area contributed by atoms with Crippen LogP contribution in [0.4, 0.5) is 0 Å². The van der Waals surface area contributed by atoms with Crippen molar-refractivity contribution in [2.75, 3.05) is 0 Å². The molecule has 0 amide bonds. The molecule has 0 atom stereocenters. The second-order valence-electron chi connectivity index (χ2n) is 6.29. The molecule has 0 radical (unpaired) electrons. The van der Waals surface area contributed by atoms with Crippen molar-refractivity contribution in [1.29, 1.82) is 0 Å². The van der Waals surface area contributed by atoms with Crippen LogP contribution in [0.1, 0.15) is 53.3 Å². The molecule has 0 saturated heterocycles. The van der Waals surface area contributed by atoms with E-state index in [4.69, 9.17) is 10.7 Å². The van der Waals surface area contributed by atoms with Crippen LogP contribution in [-0.2, 0) is 11.1 Å².